The van der Waals surface area contributed by atoms with Crippen LogP contribution >= 0.6 is 11.6 Å². The Bertz CT molecular complexity index is 1600. The fourth-order valence-electron chi connectivity index (χ4n) is 5.11. The summed E-state index contributed by atoms with van der Waals surface area (Å²) in [4.78, 5) is 40.3. The third-order valence-corrected chi connectivity index (χ3v) is 7.30. The molecule has 1 aliphatic heterocycles. The number of morpholine rings is 1. The molecular weight excluding hydrogens is 530 g/mol. The number of hydrogen-bond donors (Lipinski definition) is 0. The van der Waals surface area contributed by atoms with E-state index in [-0.39, 0.29) is 23.5 Å². The molecule has 0 bridgehead atoms. The average molecular weight is 560 g/mol. The maximum Gasteiger partial charge on any atom is 0.355 e. The first-order valence-electron chi connectivity index (χ1n) is 13.2. The first-order chi connectivity index (χ1) is 19.4. The Hall–Kier alpha value is -3.98. The van der Waals surface area contributed by atoms with Crippen LogP contribution in [0.1, 0.15) is 38.9 Å². The van der Waals surface area contributed by atoms with E-state index in [2.05, 4.69) is 0 Å². The highest BCUT2D eigenvalue weighted by Crippen LogP contribution is 2.26. The quantitative estimate of drug-likeness (QED) is 0.305. The number of carbonyl (C=O) groups is 2. The molecule has 3 aromatic carbocycles. The first kappa shape index (κ1) is 27.6. The molecule has 206 valence electrons. The SMILES string of the molecule is CCN(C(=O)c1ccc(Cc2c(C(=O)OC)n(-c3ccccc3)c3cc(Cl)ccc3c2=O)cc1)N1CCOCC1. The van der Waals surface area contributed by atoms with Gasteiger partial charge in [0.05, 0.1) is 25.8 Å². The van der Waals surface area contributed by atoms with Crippen LogP contribution in [-0.4, -0.2) is 66.4 Å². The van der Waals surface area contributed by atoms with Crippen molar-refractivity contribution in [1.82, 2.24) is 14.6 Å². The van der Waals surface area contributed by atoms with Gasteiger partial charge in [0.1, 0.15) is 5.69 Å². The van der Waals surface area contributed by atoms with Crippen LogP contribution in [0, 0.1) is 0 Å². The van der Waals surface area contributed by atoms with Crippen LogP contribution in [0.2, 0.25) is 5.02 Å². The van der Waals surface area contributed by atoms with Crippen molar-refractivity contribution in [2.45, 2.75) is 13.3 Å². The lowest BCUT2D eigenvalue weighted by Gasteiger charge is -2.36. The molecule has 0 saturated carbocycles. The van der Waals surface area contributed by atoms with Gasteiger partial charge in [-0.3, -0.25) is 14.6 Å². The lowest BCUT2D eigenvalue weighted by molar-refractivity contribution is -0.0675. The summed E-state index contributed by atoms with van der Waals surface area (Å²) in [5.41, 5.74) is 2.69. The van der Waals surface area contributed by atoms with Crippen molar-refractivity contribution < 1.29 is 19.1 Å². The number of esters is 1. The summed E-state index contributed by atoms with van der Waals surface area (Å²) in [6, 6.07) is 21.5. The number of aromatic nitrogens is 1. The third kappa shape index (κ3) is 5.38. The van der Waals surface area contributed by atoms with Gasteiger partial charge in [0.2, 0.25) is 0 Å². The van der Waals surface area contributed by atoms with Gasteiger partial charge in [0, 0.05) is 53.3 Å². The van der Waals surface area contributed by atoms with Crippen molar-refractivity contribution in [3.8, 4) is 5.69 Å². The Morgan fingerprint density at radius 2 is 1.70 bits per heavy atom. The number of amides is 1. The van der Waals surface area contributed by atoms with Gasteiger partial charge < -0.3 is 14.0 Å². The highest BCUT2D eigenvalue weighted by atomic mass is 35.5. The van der Waals surface area contributed by atoms with E-state index in [1.165, 1.54) is 7.11 Å². The van der Waals surface area contributed by atoms with Crippen LogP contribution in [0.5, 0.6) is 0 Å². The normalized spacial score (nSPS) is 13.8. The predicted molar refractivity (Wildman–Crippen MR) is 154 cm³/mol. The summed E-state index contributed by atoms with van der Waals surface area (Å²) >= 11 is 6.32. The number of hydrogen-bond acceptors (Lipinski definition) is 6. The molecule has 1 aliphatic rings. The number of carbonyl (C=O) groups excluding carboxylic acids is 2. The summed E-state index contributed by atoms with van der Waals surface area (Å²) in [6.45, 7) is 4.99. The van der Waals surface area contributed by atoms with Gasteiger partial charge in [0.25, 0.3) is 5.91 Å². The Morgan fingerprint density at radius 1 is 1.00 bits per heavy atom. The highest BCUT2D eigenvalue weighted by Gasteiger charge is 2.26. The lowest BCUT2D eigenvalue weighted by atomic mass is 9.98. The number of halogens is 1. The third-order valence-electron chi connectivity index (χ3n) is 7.07. The van der Waals surface area contributed by atoms with Crippen molar-refractivity contribution in [2.75, 3.05) is 40.0 Å². The smallest absolute Gasteiger partial charge is 0.355 e. The van der Waals surface area contributed by atoms with Crippen molar-refractivity contribution >= 4 is 34.4 Å². The molecule has 9 heteroatoms. The van der Waals surface area contributed by atoms with Crippen LogP contribution < -0.4 is 5.43 Å². The van der Waals surface area contributed by atoms with Crippen molar-refractivity contribution in [1.29, 1.82) is 0 Å². The maximum atomic E-state index is 13.8. The number of rotatable bonds is 7. The molecule has 0 aliphatic carbocycles. The predicted octanol–water partition coefficient (Wildman–Crippen LogP) is 4.73. The monoisotopic (exact) mass is 559 g/mol. The number of benzene rings is 3. The number of para-hydroxylation sites is 1. The summed E-state index contributed by atoms with van der Waals surface area (Å²) in [6.07, 6.45) is 0.171. The second kappa shape index (κ2) is 12.0. The Labute approximate surface area is 237 Å². The summed E-state index contributed by atoms with van der Waals surface area (Å²) in [5, 5.41) is 4.63. The van der Waals surface area contributed by atoms with E-state index in [9.17, 15) is 14.4 Å². The fraction of sp³-hybridized carbons (Fsp3) is 0.258. The molecule has 1 saturated heterocycles. The lowest BCUT2D eigenvalue weighted by Crippen LogP contribution is -2.51. The second-order valence-corrected chi connectivity index (χ2v) is 9.88. The van der Waals surface area contributed by atoms with E-state index >= 15 is 0 Å². The van der Waals surface area contributed by atoms with Gasteiger partial charge in [0.15, 0.2) is 5.43 Å². The van der Waals surface area contributed by atoms with Crippen LogP contribution in [0.25, 0.3) is 16.6 Å². The van der Waals surface area contributed by atoms with E-state index in [0.29, 0.717) is 65.6 Å². The number of nitrogens with zero attached hydrogens (tertiary/aromatic N) is 3. The first-order valence-corrected chi connectivity index (χ1v) is 13.5. The van der Waals surface area contributed by atoms with Crippen molar-refractivity contribution in [2.24, 2.45) is 0 Å². The zero-order chi connectivity index (χ0) is 28.2. The van der Waals surface area contributed by atoms with Crippen LogP contribution in [0.15, 0.2) is 77.6 Å². The molecule has 0 atom stereocenters. The van der Waals surface area contributed by atoms with Crippen molar-refractivity contribution in [3.05, 3.63) is 110 Å². The fourth-order valence-corrected chi connectivity index (χ4v) is 5.28. The van der Waals surface area contributed by atoms with Crippen molar-refractivity contribution in [3.63, 3.8) is 0 Å². The van der Waals surface area contributed by atoms with Crippen LogP contribution in [0.4, 0.5) is 0 Å². The van der Waals surface area contributed by atoms with Gasteiger partial charge >= 0.3 is 5.97 Å². The van der Waals surface area contributed by atoms with E-state index < -0.39 is 5.97 Å². The van der Waals surface area contributed by atoms with E-state index in [4.69, 9.17) is 21.1 Å². The van der Waals surface area contributed by atoms with E-state index in [1.54, 1.807) is 39.9 Å². The number of hydrazine groups is 1. The van der Waals surface area contributed by atoms with Gasteiger partial charge in [-0.2, -0.15) is 0 Å². The molecule has 1 fully saturated rings. The largest absolute Gasteiger partial charge is 0.464 e. The Balaban J connectivity index is 1.57. The topological polar surface area (TPSA) is 81.1 Å². The van der Waals surface area contributed by atoms with E-state index in [1.807, 2.05) is 54.4 Å². The molecule has 0 spiro atoms. The average Bonchev–Trinajstić information content (AvgIpc) is 2.99. The molecule has 8 nitrogen and oxygen atoms in total. The standard InChI is InChI=1S/C31H30ClN3O5/c1-3-34(33-15-17-40-18-16-33)30(37)22-11-9-21(10-12-22)19-26-28(31(38)39-2)35(24-7-5-4-6-8-24)27-20-23(32)13-14-25(27)29(26)36/h4-14,20H,3,15-19H2,1-2H3. The zero-order valence-corrected chi connectivity index (χ0v) is 23.2. The summed E-state index contributed by atoms with van der Waals surface area (Å²) < 4.78 is 12.3. The second-order valence-electron chi connectivity index (χ2n) is 9.44. The van der Waals surface area contributed by atoms with Crippen LogP contribution in [0.3, 0.4) is 0 Å². The molecule has 5 rings (SSSR count). The molecule has 0 radical (unpaired) electrons. The van der Waals surface area contributed by atoms with Gasteiger partial charge in [-0.25, -0.2) is 9.80 Å². The van der Waals surface area contributed by atoms with E-state index in [0.717, 1.165) is 5.56 Å². The summed E-state index contributed by atoms with van der Waals surface area (Å²) in [7, 11) is 1.29. The molecule has 1 amide bonds. The van der Waals surface area contributed by atoms with Gasteiger partial charge in [-0.1, -0.05) is 41.9 Å². The number of fused-ring (bicyclic) bond motifs is 1. The Kier molecular flexibility index (Phi) is 8.30. The summed E-state index contributed by atoms with van der Waals surface area (Å²) in [5.74, 6) is -0.728. The zero-order valence-electron chi connectivity index (χ0n) is 22.4. The molecule has 0 unspecified atom stereocenters. The molecule has 2 heterocycles. The molecule has 1 aromatic heterocycles. The molecule has 4 aromatic rings. The minimum atomic E-state index is -0.631. The molecule has 0 N–H and O–H groups in total. The number of pyridine rings is 1. The Morgan fingerprint density at radius 3 is 2.35 bits per heavy atom. The van der Waals surface area contributed by atoms with Gasteiger partial charge in [-0.05, 0) is 55.0 Å². The molecule has 40 heavy (non-hydrogen) atoms. The maximum absolute atomic E-state index is 13.8. The van der Waals surface area contributed by atoms with Crippen LogP contribution in [-0.2, 0) is 15.9 Å². The minimum absolute atomic E-state index is 0.0970. The minimum Gasteiger partial charge on any atom is -0.464 e. The highest BCUT2D eigenvalue weighted by molar-refractivity contribution is 6.31. The molecular formula is C31H30ClN3O5. The number of ether oxygens (including phenoxy) is 2. The van der Waals surface area contributed by atoms with Gasteiger partial charge in [-0.15, -0.1) is 0 Å². The number of methoxy groups -OCH3 is 1.